The molecule has 0 unspecified atom stereocenters. The van der Waals surface area contributed by atoms with Gasteiger partial charge in [0.05, 0.1) is 53.4 Å². The molecule has 0 aliphatic rings. The lowest BCUT2D eigenvalue weighted by Crippen LogP contribution is -3.00. The largest absolute Gasteiger partial charge is 1.00 e. The van der Waals surface area contributed by atoms with Gasteiger partial charge >= 0.3 is 0 Å². The zero-order valence-electron chi connectivity index (χ0n) is 31.4. The fraction of sp³-hybridized carbons (Fsp3) is 1.00. The van der Waals surface area contributed by atoms with Gasteiger partial charge in [0, 0.05) is 0 Å². The normalized spacial score (nSPS) is 11.2. The van der Waals surface area contributed by atoms with Crippen molar-refractivity contribution in [3.8, 4) is 0 Å². The third kappa shape index (κ3) is 38.7. The maximum atomic E-state index is 2.43. The van der Waals surface area contributed by atoms with E-state index in [1.165, 1.54) is 202 Å². The lowest BCUT2D eigenvalue weighted by Gasteiger charge is -2.39. The zero-order chi connectivity index (χ0) is 30.2. The number of hydrogen-bond donors (Lipinski definition) is 0. The van der Waals surface area contributed by atoms with Crippen molar-refractivity contribution < 1.29 is 43.8 Å². The third-order valence-corrected chi connectivity index (χ3v) is 9.18. The Kier molecular flexibility index (Phi) is 50.3. The van der Waals surface area contributed by atoms with Crippen LogP contribution < -0.4 is 29.4 Å². The highest BCUT2D eigenvalue weighted by molar-refractivity contribution is 4.50. The Labute approximate surface area is 291 Å². The quantitative estimate of drug-likeness (QED) is 0.0698. The first kappa shape index (κ1) is 53.2. The molecule has 0 spiro atoms. The zero-order valence-corrected chi connectivity index (χ0v) is 33.7. The van der Waals surface area contributed by atoms with Crippen LogP contribution in [0.2, 0.25) is 0 Å². The number of rotatable bonds is 30. The maximum absolute atomic E-state index is 2.43. The first-order chi connectivity index (χ1) is 19.4. The molecule has 0 saturated carbocycles. The Morgan fingerprint density at radius 3 is 0.744 bits per heavy atom. The molecule has 3 nitrogen and oxygen atoms in total. The van der Waals surface area contributed by atoms with Crippen LogP contribution in [-0.2, 0) is 0 Å². The van der Waals surface area contributed by atoms with E-state index in [-0.39, 0.29) is 34.9 Å². The summed E-state index contributed by atoms with van der Waals surface area (Å²) in [4.78, 5) is 0. The van der Waals surface area contributed by atoms with Crippen LogP contribution in [0.15, 0.2) is 0 Å². The van der Waals surface area contributed by atoms with Gasteiger partial charge in [0.15, 0.2) is 0 Å². The molecule has 0 radical (unpaired) electrons. The summed E-state index contributed by atoms with van der Waals surface area (Å²) >= 11 is 0. The SMILES string of the molecule is CCCCCCCCCC[N+](C)(C)CCCCCCCCCC.CCCC[N+](CCCC)(CCCC)CCCC.O.[Br-].[Cl-]. The Morgan fingerprint density at radius 1 is 0.302 bits per heavy atom. The molecule has 0 aliphatic heterocycles. The minimum Gasteiger partial charge on any atom is -1.00 e. The minimum absolute atomic E-state index is 0. The molecule has 0 rings (SSSR count). The predicted octanol–water partition coefficient (Wildman–Crippen LogP) is 5.53. The van der Waals surface area contributed by atoms with Crippen LogP contribution >= 0.6 is 0 Å². The van der Waals surface area contributed by atoms with Gasteiger partial charge in [0.1, 0.15) is 0 Å². The Balaban J connectivity index is -0.000000217. The highest BCUT2D eigenvalue weighted by Gasteiger charge is 2.24. The van der Waals surface area contributed by atoms with Crippen molar-refractivity contribution in [2.75, 3.05) is 53.4 Å². The summed E-state index contributed by atoms with van der Waals surface area (Å²) in [6, 6.07) is 0. The number of halogens is 2. The van der Waals surface area contributed by atoms with Gasteiger partial charge in [-0.15, -0.1) is 0 Å². The summed E-state index contributed by atoms with van der Waals surface area (Å²) in [5.41, 5.74) is 0. The monoisotopic (exact) mass is 701 g/mol. The van der Waals surface area contributed by atoms with Gasteiger partial charge in [-0.2, -0.15) is 0 Å². The van der Waals surface area contributed by atoms with Crippen LogP contribution in [0.25, 0.3) is 0 Å². The fourth-order valence-electron chi connectivity index (χ4n) is 6.10. The number of nitrogens with zero attached hydrogens (tertiary/aromatic N) is 2. The second kappa shape index (κ2) is 40.7. The topological polar surface area (TPSA) is 31.5 Å². The molecular weight excluding hydrogens is 616 g/mol. The van der Waals surface area contributed by atoms with E-state index in [0.717, 1.165) is 0 Å². The molecule has 0 atom stereocenters. The van der Waals surface area contributed by atoms with Gasteiger partial charge in [0.2, 0.25) is 0 Å². The second-order valence-electron chi connectivity index (χ2n) is 14.0. The van der Waals surface area contributed by atoms with Crippen molar-refractivity contribution in [1.82, 2.24) is 0 Å². The van der Waals surface area contributed by atoms with E-state index in [9.17, 15) is 0 Å². The van der Waals surface area contributed by atoms with Crippen LogP contribution in [0.3, 0.4) is 0 Å². The first-order valence-corrected chi connectivity index (χ1v) is 19.0. The van der Waals surface area contributed by atoms with E-state index in [0.29, 0.717) is 0 Å². The van der Waals surface area contributed by atoms with E-state index in [4.69, 9.17) is 0 Å². The van der Waals surface area contributed by atoms with E-state index in [1.807, 2.05) is 0 Å². The van der Waals surface area contributed by atoms with Crippen molar-refractivity contribution in [2.45, 2.75) is 196 Å². The fourth-order valence-corrected chi connectivity index (χ4v) is 6.10. The van der Waals surface area contributed by atoms with Crippen molar-refractivity contribution in [3.63, 3.8) is 0 Å². The van der Waals surface area contributed by atoms with Crippen LogP contribution in [0, 0.1) is 0 Å². The summed E-state index contributed by atoms with van der Waals surface area (Å²) in [5.74, 6) is 0. The van der Waals surface area contributed by atoms with E-state index >= 15 is 0 Å². The molecular formula is C38H86BrClN2O. The highest BCUT2D eigenvalue weighted by atomic mass is 79.9. The molecule has 0 aromatic heterocycles. The van der Waals surface area contributed by atoms with Gasteiger partial charge in [-0.25, -0.2) is 0 Å². The molecule has 0 bridgehead atoms. The molecule has 0 amide bonds. The van der Waals surface area contributed by atoms with Crippen LogP contribution in [0.4, 0.5) is 0 Å². The van der Waals surface area contributed by atoms with Crippen molar-refractivity contribution in [3.05, 3.63) is 0 Å². The van der Waals surface area contributed by atoms with Gasteiger partial charge in [-0.1, -0.05) is 144 Å². The lowest BCUT2D eigenvalue weighted by molar-refractivity contribution is -0.929. The molecule has 43 heavy (non-hydrogen) atoms. The highest BCUT2D eigenvalue weighted by Crippen LogP contribution is 2.17. The van der Waals surface area contributed by atoms with Crippen LogP contribution in [0.5, 0.6) is 0 Å². The number of unbranched alkanes of at least 4 members (excludes halogenated alkanes) is 18. The maximum Gasteiger partial charge on any atom is 0.0786 e. The third-order valence-electron chi connectivity index (χ3n) is 9.18. The summed E-state index contributed by atoms with van der Waals surface area (Å²) < 4.78 is 2.66. The van der Waals surface area contributed by atoms with Crippen LogP contribution in [-0.4, -0.2) is 67.8 Å². The first-order valence-electron chi connectivity index (χ1n) is 19.0. The van der Waals surface area contributed by atoms with E-state index in [2.05, 4.69) is 55.6 Å². The van der Waals surface area contributed by atoms with Crippen LogP contribution in [0.1, 0.15) is 196 Å². The van der Waals surface area contributed by atoms with E-state index in [1.54, 1.807) is 0 Å². The van der Waals surface area contributed by atoms with Gasteiger partial charge in [-0.05, 0) is 51.4 Å². The summed E-state index contributed by atoms with van der Waals surface area (Å²) in [7, 11) is 4.87. The minimum atomic E-state index is 0. The summed E-state index contributed by atoms with van der Waals surface area (Å²) in [6.07, 6.45) is 34.1. The van der Waals surface area contributed by atoms with Crippen molar-refractivity contribution in [1.29, 1.82) is 0 Å². The Bertz CT molecular complexity index is 419. The molecule has 0 fully saturated rings. The van der Waals surface area contributed by atoms with Gasteiger partial charge in [-0.3, -0.25) is 0 Å². The summed E-state index contributed by atoms with van der Waals surface area (Å²) in [6.45, 7) is 22.4. The molecule has 2 N–H and O–H groups in total. The summed E-state index contributed by atoms with van der Waals surface area (Å²) in [5, 5.41) is 0. The van der Waals surface area contributed by atoms with Crippen molar-refractivity contribution >= 4 is 0 Å². The molecule has 0 aliphatic carbocycles. The molecule has 268 valence electrons. The molecule has 0 saturated heterocycles. The smallest absolute Gasteiger partial charge is 0.0786 e. The Hall–Kier alpha value is 0.650. The number of quaternary nitrogens is 2. The average Bonchev–Trinajstić information content (AvgIpc) is 2.95. The van der Waals surface area contributed by atoms with Crippen molar-refractivity contribution in [2.24, 2.45) is 0 Å². The van der Waals surface area contributed by atoms with Gasteiger partial charge < -0.3 is 43.8 Å². The molecule has 0 heterocycles. The Morgan fingerprint density at radius 2 is 0.512 bits per heavy atom. The van der Waals surface area contributed by atoms with Gasteiger partial charge in [0.25, 0.3) is 0 Å². The predicted molar refractivity (Wildman–Crippen MR) is 190 cm³/mol. The number of hydrogen-bond acceptors (Lipinski definition) is 0. The standard InChI is InChI=1S/C22H48N.C16H36N.BrH.ClH.H2O/c1-5-7-9-11-13-15-17-19-21-23(3,4)22-20-18-16-14-12-10-8-6-2;1-5-9-13-17(14-10-6-2,15-11-7-3)16-12-8-4;;;/h5-22H2,1-4H3;5-16H2,1-4H3;2*1H;1H2/q2*+1;;;/p-2. The lowest BCUT2D eigenvalue weighted by atomic mass is 10.1. The molecule has 5 heteroatoms. The van der Waals surface area contributed by atoms with E-state index < -0.39 is 0 Å². The average molecular weight is 702 g/mol. The second-order valence-corrected chi connectivity index (χ2v) is 14.0. The molecule has 0 aromatic rings. The molecule has 0 aromatic carbocycles.